The fourth-order valence-corrected chi connectivity index (χ4v) is 2.70. The molecule has 28 heavy (non-hydrogen) atoms. The van der Waals surface area contributed by atoms with E-state index < -0.39 is 23.9 Å². The first kappa shape index (κ1) is 22.3. The quantitative estimate of drug-likeness (QED) is 0.596. The van der Waals surface area contributed by atoms with Crippen LogP contribution in [0.1, 0.15) is 79.0 Å². The van der Waals surface area contributed by atoms with E-state index in [1.165, 1.54) is 0 Å². The predicted molar refractivity (Wildman–Crippen MR) is 96.3 cm³/mol. The summed E-state index contributed by atoms with van der Waals surface area (Å²) in [4.78, 5) is 8.40. The molecule has 0 radical (unpaired) electrons. The molecule has 2 aromatic heterocycles. The summed E-state index contributed by atoms with van der Waals surface area (Å²) in [6.45, 7) is 7.58. The second-order valence-electron chi connectivity index (χ2n) is 8.60. The topological polar surface area (TPSA) is 61.4 Å². The molecule has 2 rings (SSSR count). The lowest BCUT2D eigenvalue weighted by molar-refractivity contribution is 0.0469. The summed E-state index contributed by atoms with van der Waals surface area (Å²) in [5.74, 6) is 0.690. The molecule has 0 spiro atoms. The van der Waals surface area contributed by atoms with Crippen LogP contribution in [0.25, 0.3) is 0 Å². The summed E-state index contributed by atoms with van der Waals surface area (Å²) in [5.41, 5.74) is -1.26. The number of aromatic nitrogens is 6. The Kier molecular flexibility index (Phi) is 6.20. The van der Waals surface area contributed by atoms with Gasteiger partial charge >= 0.3 is 13.1 Å². The summed E-state index contributed by atoms with van der Waals surface area (Å²) >= 11 is 0. The van der Waals surface area contributed by atoms with Crippen LogP contribution >= 0.6 is 0 Å². The van der Waals surface area contributed by atoms with Gasteiger partial charge in [0.2, 0.25) is 0 Å². The smallest absolute Gasteiger partial charge is 0.219 e. The molecule has 0 N–H and O–H groups in total. The lowest BCUT2D eigenvalue weighted by Crippen LogP contribution is -2.30. The number of rotatable bonds is 8. The van der Waals surface area contributed by atoms with Crippen molar-refractivity contribution in [2.45, 2.75) is 78.8 Å². The third-order valence-corrected chi connectivity index (χ3v) is 5.89. The number of hydrogen-bond acceptors (Lipinski definition) is 4. The SMILES string of the molecule is CC(C)C(C)(C)c1nc(CC(C)C(C)(C)c2ncn(C(F)F)n2)nn1C(F)F. The van der Waals surface area contributed by atoms with Gasteiger partial charge in [-0.05, 0) is 11.8 Å². The Labute approximate surface area is 162 Å². The summed E-state index contributed by atoms with van der Waals surface area (Å²) in [7, 11) is 0. The number of hydrogen-bond donors (Lipinski definition) is 0. The van der Waals surface area contributed by atoms with E-state index in [0.717, 1.165) is 6.33 Å². The van der Waals surface area contributed by atoms with Crippen LogP contribution < -0.4 is 0 Å². The van der Waals surface area contributed by atoms with Crippen molar-refractivity contribution >= 4 is 0 Å². The van der Waals surface area contributed by atoms with Crippen molar-refractivity contribution in [3.63, 3.8) is 0 Å². The zero-order valence-electron chi connectivity index (χ0n) is 17.3. The maximum atomic E-state index is 13.5. The van der Waals surface area contributed by atoms with Crippen molar-refractivity contribution in [1.82, 2.24) is 29.5 Å². The van der Waals surface area contributed by atoms with Crippen LogP contribution in [0.2, 0.25) is 0 Å². The lowest BCUT2D eigenvalue weighted by atomic mass is 9.77. The van der Waals surface area contributed by atoms with Crippen molar-refractivity contribution in [2.75, 3.05) is 0 Å². The Balaban J connectivity index is 2.31. The van der Waals surface area contributed by atoms with Gasteiger partial charge in [0, 0.05) is 17.3 Å². The molecule has 0 aliphatic carbocycles. The molecule has 2 aromatic rings. The minimum Gasteiger partial charge on any atom is -0.219 e. The summed E-state index contributed by atoms with van der Waals surface area (Å²) in [6, 6.07) is 0. The molecular weight excluding hydrogens is 376 g/mol. The normalized spacial score (nSPS) is 14.5. The van der Waals surface area contributed by atoms with Crippen LogP contribution in [-0.2, 0) is 17.3 Å². The molecule has 158 valence electrons. The third kappa shape index (κ3) is 4.20. The van der Waals surface area contributed by atoms with Gasteiger partial charge in [-0.15, -0.1) is 0 Å². The van der Waals surface area contributed by atoms with Crippen molar-refractivity contribution < 1.29 is 17.6 Å². The van der Waals surface area contributed by atoms with E-state index in [1.807, 2.05) is 48.5 Å². The summed E-state index contributed by atoms with van der Waals surface area (Å²) in [6.07, 6.45) is 1.28. The molecule has 0 aromatic carbocycles. The molecule has 10 heteroatoms. The lowest BCUT2D eigenvalue weighted by Gasteiger charge is -2.28. The fourth-order valence-electron chi connectivity index (χ4n) is 2.70. The second kappa shape index (κ2) is 7.79. The average Bonchev–Trinajstić information content (AvgIpc) is 3.22. The van der Waals surface area contributed by atoms with Crippen LogP contribution in [0, 0.1) is 11.8 Å². The minimum atomic E-state index is -2.79. The first-order chi connectivity index (χ1) is 12.8. The summed E-state index contributed by atoms with van der Waals surface area (Å²) < 4.78 is 53.8. The molecule has 0 bridgehead atoms. The second-order valence-corrected chi connectivity index (χ2v) is 8.60. The third-order valence-electron chi connectivity index (χ3n) is 5.89. The highest BCUT2D eigenvalue weighted by molar-refractivity contribution is 5.11. The number of halogens is 4. The Morgan fingerprint density at radius 3 is 2.00 bits per heavy atom. The van der Waals surface area contributed by atoms with Gasteiger partial charge in [-0.2, -0.15) is 37.1 Å². The van der Waals surface area contributed by atoms with Crippen LogP contribution in [0.4, 0.5) is 17.6 Å². The van der Waals surface area contributed by atoms with Crippen LogP contribution in [0.5, 0.6) is 0 Å². The molecular formula is C18H28F4N6. The average molecular weight is 404 g/mol. The van der Waals surface area contributed by atoms with Gasteiger partial charge in [-0.25, -0.2) is 9.97 Å². The van der Waals surface area contributed by atoms with E-state index >= 15 is 0 Å². The molecule has 6 nitrogen and oxygen atoms in total. The maximum absolute atomic E-state index is 13.5. The Morgan fingerprint density at radius 2 is 1.54 bits per heavy atom. The molecule has 0 aliphatic rings. The van der Waals surface area contributed by atoms with Crippen LogP contribution in [0.15, 0.2) is 6.33 Å². The first-order valence-corrected chi connectivity index (χ1v) is 9.22. The predicted octanol–water partition coefficient (Wildman–Crippen LogP) is 4.75. The van der Waals surface area contributed by atoms with E-state index in [0.29, 0.717) is 9.36 Å². The molecule has 0 aliphatic heterocycles. The van der Waals surface area contributed by atoms with E-state index in [2.05, 4.69) is 20.2 Å². The molecule has 1 unspecified atom stereocenters. The monoisotopic (exact) mass is 404 g/mol. The molecule has 0 fully saturated rings. The highest BCUT2D eigenvalue weighted by Gasteiger charge is 2.36. The Hall–Kier alpha value is -2.00. The Morgan fingerprint density at radius 1 is 0.929 bits per heavy atom. The van der Waals surface area contributed by atoms with Gasteiger partial charge < -0.3 is 0 Å². The van der Waals surface area contributed by atoms with E-state index in [-0.39, 0.29) is 35.7 Å². The van der Waals surface area contributed by atoms with E-state index in [4.69, 9.17) is 0 Å². The highest BCUT2D eigenvalue weighted by Crippen LogP contribution is 2.34. The van der Waals surface area contributed by atoms with Gasteiger partial charge in [0.1, 0.15) is 12.2 Å². The van der Waals surface area contributed by atoms with Gasteiger partial charge in [0.25, 0.3) is 0 Å². The zero-order valence-corrected chi connectivity index (χ0v) is 17.3. The minimum absolute atomic E-state index is 0.0819. The zero-order chi connectivity index (χ0) is 21.4. The van der Waals surface area contributed by atoms with Crippen molar-refractivity contribution in [1.29, 1.82) is 0 Å². The van der Waals surface area contributed by atoms with Crippen LogP contribution in [-0.4, -0.2) is 29.5 Å². The molecule has 1 atom stereocenters. The van der Waals surface area contributed by atoms with Gasteiger partial charge in [-0.1, -0.05) is 48.5 Å². The molecule has 2 heterocycles. The summed E-state index contributed by atoms with van der Waals surface area (Å²) in [5, 5.41) is 7.88. The van der Waals surface area contributed by atoms with Gasteiger partial charge in [0.05, 0.1) is 0 Å². The molecule has 0 saturated heterocycles. The number of nitrogens with zero attached hydrogens (tertiary/aromatic N) is 6. The maximum Gasteiger partial charge on any atom is 0.334 e. The van der Waals surface area contributed by atoms with E-state index in [1.54, 1.807) is 0 Å². The van der Waals surface area contributed by atoms with Crippen molar-refractivity contribution in [3.05, 3.63) is 23.8 Å². The van der Waals surface area contributed by atoms with E-state index in [9.17, 15) is 17.6 Å². The van der Waals surface area contributed by atoms with Gasteiger partial charge in [0.15, 0.2) is 11.6 Å². The first-order valence-electron chi connectivity index (χ1n) is 9.22. The molecule has 0 amide bonds. The number of alkyl halides is 4. The fraction of sp³-hybridized carbons (Fsp3) is 0.778. The largest absolute Gasteiger partial charge is 0.334 e. The standard InChI is InChI=1S/C18H28F4N6/c1-10(2)17(4,5)14-24-12(25-28(14)16(21)22)8-11(3)18(6,7)13-23-9-27(26-13)15(19)20/h9-11,15-16H,8H2,1-7H3. The molecule has 0 saturated carbocycles. The highest BCUT2D eigenvalue weighted by atomic mass is 19.3. The van der Waals surface area contributed by atoms with Crippen LogP contribution in [0.3, 0.4) is 0 Å². The van der Waals surface area contributed by atoms with Crippen molar-refractivity contribution in [3.8, 4) is 0 Å². The van der Waals surface area contributed by atoms with Gasteiger partial charge in [-0.3, -0.25) is 0 Å². The Bertz CT molecular complexity index is 794. The van der Waals surface area contributed by atoms with Crippen molar-refractivity contribution in [2.24, 2.45) is 11.8 Å².